The topological polar surface area (TPSA) is 54.0 Å². The summed E-state index contributed by atoms with van der Waals surface area (Å²) < 4.78 is 0. The molecular weight excluding hydrogens is 358 g/mol. The van der Waals surface area contributed by atoms with Crippen LogP contribution in [0, 0.1) is 13.8 Å². The van der Waals surface area contributed by atoms with Gasteiger partial charge in [-0.1, -0.05) is 54.6 Å². The fourth-order valence-electron chi connectivity index (χ4n) is 3.50. The van der Waals surface area contributed by atoms with Gasteiger partial charge in [-0.15, -0.1) is 0 Å². The molecule has 4 aromatic rings. The van der Waals surface area contributed by atoms with Crippen LogP contribution in [-0.4, -0.2) is 10.9 Å². The number of nitrogens with one attached hydrogen (secondary N) is 2. The van der Waals surface area contributed by atoms with Crippen LogP contribution in [0.4, 0.5) is 11.5 Å². The van der Waals surface area contributed by atoms with Crippen LogP contribution in [0.25, 0.3) is 10.9 Å². The standard InChI is InChI=1S/C25H23N3O/c1-17-12-18(2)14-20(13-17)27-24-15-22(21-10-6-7-11-23(21)28-24)25(29)26-16-19-8-4-3-5-9-19/h3-15H,16H2,1-2H3,(H,26,29)(H,27,28). The number of aryl methyl sites for hydroxylation is 2. The molecule has 0 saturated heterocycles. The highest BCUT2D eigenvalue weighted by Gasteiger charge is 2.13. The van der Waals surface area contributed by atoms with E-state index in [1.807, 2.05) is 60.7 Å². The number of hydrogen-bond donors (Lipinski definition) is 2. The van der Waals surface area contributed by atoms with Gasteiger partial charge >= 0.3 is 0 Å². The van der Waals surface area contributed by atoms with Crippen molar-refractivity contribution in [3.05, 3.63) is 101 Å². The predicted octanol–water partition coefficient (Wildman–Crippen LogP) is 5.53. The van der Waals surface area contributed by atoms with Gasteiger partial charge in [-0.25, -0.2) is 4.98 Å². The van der Waals surface area contributed by atoms with E-state index < -0.39 is 0 Å². The highest BCUT2D eigenvalue weighted by Crippen LogP contribution is 2.24. The number of carbonyl (C=O) groups excluding carboxylic acids is 1. The zero-order valence-corrected chi connectivity index (χ0v) is 16.6. The Morgan fingerprint density at radius 2 is 1.55 bits per heavy atom. The third-order valence-electron chi connectivity index (χ3n) is 4.75. The maximum absolute atomic E-state index is 13.0. The van der Waals surface area contributed by atoms with E-state index >= 15 is 0 Å². The quantitative estimate of drug-likeness (QED) is 0.478. The number of nitrogens with zero attached hydrogens (tertiary/aromatic N) is 1. The Labute approximate surface area is 170 Å². The van der Waals surface area contributed by atoms with Gasteiger partial charge in [0.2, 0.25) is 0 Å². The normalized spacial score (nSPS) is 10.7. The number of fused-ring (bicyclic) bond motifs is 1. The SMILES string of the molecule is Cc1cc(C)cc(Nc2cc(C(=O)NCc3ccccc3)c3ccccc3n2)c1. The summed E-state index contributed by atoms with van der Waals surface area (Å²) in [6, 6.07) is 25.7. The first-order valence-electron chi connectivity index (χ1n) is 9.66. The number of anilines is 2. The molecular formula is C25H23N3O. The van der Waals surface area contributed by atoms with Crippen molar-refractivity contribution >= 4 is 28.3 Å². The van der Waals surface area contributed by atoms with Crippen LogP contribution in [0.2, 0.25) is 0 Å². The number of carbonyl (C=O) groups is 1. The molecule has 1 amide bonds. The van der Waals surface area contributed by atoms with E-state index in [1.54, 1.807) is 0 Å². The molecule has 3 aromatic carbocycles. The third kappa shape index (κ3) is 4.43. The molecule has 0 bridgehead atoms. The van der Waals surface area contributed by atoms with E-state index in [0.29, 0.717) is 17.9 Å². The molecule has 1 aromatic heterocycles. The summed E-state index contributed by atoms with van der Waals surface area (Å²) in [6.45, 7) is 4.61. The summed E-state index contributed by atoms with van der Waals surface area (Å²) in [7, 11) is 0. The van der Waals surface area contributed by atoms with E-state index in [1.165, 1.54) is 11.1 Å². The molecule has 0 spiro atoms. The monoisotopic (exact) mass is 381 g/mol. The lowest BCUT2D eigenvalue weighted by molar-refractivity contribution is 0.0952. The zero-order chi connectivity index (χ0) is 20.2. The third-order valence-corrected chi connectivity index (χ3v) is 4.75. The second kappa shape index (κ2) is 8.15. The molecule has 1 heterocycles. The van der Waals surface area contributed by atoms with Crippen LogP contribution in [0.5, 0.6) is 0 Å². The van der Waals surface area contributed by atoms with E-state index in [4.69, 9.17) is 4.98 Å². The number of aromatic nitrogens is 1. The van der Waals surface area contributed by atoms with Gasteiger partial charge in [0.25, 0.3) is 5.91 Å². The van der Waals surface area contributed by atoms with Crippen molar-refractivity contribution in [3.8, 4) is 0 Å². The Morgan fingerprint density at radius 3 is 2.31 bits per heavy atom. The maximum Gasteiger partial charge on any atom is 0.252 e. The summed E-state index contributed by atoms with van der Waals surface area (Å²) in [5.41, 5.74) is 5.77. The van der Waals surface area contributed by atoms with Crippen molar-refractivity contribution in [2.24, 2.45) is 0 Å². The van der Waals surface area contributed by atoms with Gasteiger partial charge in [0.05, 0.1) is 11.1 Å². The Morgan fingerprint density at radius 1 is 0.862 bits per heavy atom. The van der Waals surface area contributed by atoms with Crippen LogP contribution < -0.4 is 10.6 Å². The van der Waals surface area contributed by atoms with E-state index in [-0.39, 0.29) is 5.91 Å². The molecule has 0 atom stereocenters. The van der Waals surface area contributed by atoms with Crippen LogP contribution in [0.3, 0.4) is 0 Å². The van der Waals surface area contributed by atoms with Crippen LogP contribution >= 0.6 is 0 Å². The molecule has 0 aliphatic carbocycles. The molecule has 0 aliphatic heterocycles. The van der Waals surface area contributed by atoms with Gasteiger partial charge < -0.3 is 10.6 Å². The number of pyridine rings is 1. The van der Waals surface area contributed by atoms with Crippen molar-refractivity contribution in [1.29, 1.82) is 0 Å². The molecule has 0 fully saturated rings. The Kier molecular flexibility index (Phi) is 5.25. The molecule has 4 rings (SSSR count). The molecule has 0 saturated carbocycles. The van der Waals surface area contributed by atoms with Gasteiger partial charge in [-0.3, -0.25) is 4.79 Å². The number of benzene rings is 3. The average Bonchev–Trinajstić information content (AvgIpc) is 2.71. The number of para-hydroxylation sites is 1. The van der Waals surface area contributed by atoms with E-state index in [0.717, 1.165) is 22.2 Å². The molecule has 29 heavy (non-hydrogen) atoms. The maximum atomic E-state index is 13.0. The fourth-order valence-corrected chi connectivity index (χ4v) is 3.50. The van der Waals surface area contributed by atoms with Crippen LogP contribution in [0.1, 0.15) is 27.0 Å². The molecule has 0 radical (unpaired) electrons. The number of rotatable bonds is 5. The summed E-state index contributed by atoms with van der Waals surface area (Å²) in [4.78, 5) is 17.7. The minimum atomic E-state index is -0.115. The van der Waals surface area contributed by atoms with Crippen LogP contribution in [0.15, 0.2) is 78.9 Å². The fraction of sp³-hybridized carbons (Fsp3) is 0.120. The lowest BCUT2D eigenvalue weighted by atomic mass is 10.1. The Hall–Kier alpha value is -3.66. The molecule has 144 valence electrons. The summed E-state index contributed by atoms with van der Waals surface area (Å²) in [5, 5.41) is 7.21. The minimum absolute atomic E-state index is 0.115. The van der Waals surface area contributed by atoms with E-state index in [2.05, 4.69) is 42.7 Å². The van der Waals surface area contributed by atoms with Crippen molar-refractivity contribution in [2.75, 3.05) is 5.32 Å². The first kappa shape index (κ1) is 18.7. The molecule has 4 heteroatoms. The van der Waals surface area contributed by atoms with Gasteiger partial charge in [0.15, 0.2) is 0 Å². The molecule has 0 aliphatic rings. The molecule has 0 unspecified atom stereocenters. The van der Waals surface area contributed by atoms with Gasteiger partial charge in [0.1, 0.15) is 5.82 Å². The summed E-state index contributed by atoms with van der Waals surface area (Å²) in [6.07, 6.45) is 0. The lowest BCUT2D eigenvalue weighted by Crippen LogP contribution is -2.23. The second-order valence-corrected chi connectivity index (χ2v) is 7.24. The Bertz CT molecular complexity index is 1150. The number of amides is 1. The summed E-state index contributed by atoms with van der Waals surface area (Å²) in [5.74, 6) is 0.537. The summed E-state index contributed by atoms with van der Waals surface area (Å²) >= 11 is 0. The van der Waals surface area contributed by atoms with Crippen molar-refractivity contribution in [2.45, 2.75) is 20.4 Å². The number of hydrogen-bond acceptors (Lipinski definition) is 3. The smallest absolute Gasteiger partial charge is 0.252 e. The Balaban J connectivity index is 1.66. The minimum Gasteiger partial charge on any atom is -0.348 e. The van der Waals surface area contributed by atoms with Crippen molar-refractivity contribution in [1.82, 2.24) is 10.3 Å². The van der Waals surface area contributed by atoms with Crippen LogP contribution in [-0.2, 0) is 6.54 Å². The predicted molar refractivity (Wildman–Crippen MR) is 119 cm³/mol. The highest BCUT2D eigenvalue weighted by atomic mass is 16.1. The van der Waals surface area contributed by atoms with Crippen molar-refractivity contribution < 1.29 is 4.79 Å². The second-order valence-electron chi connectivity index (χ2n) is 7.24. The van der Waals surface area contributed by atoms with Gasteiger partial charge in [-0.05, 0) is 54.8 Å². The van der Waals surface area contributed by atoms with E-state index in [9.17, 15) is 4.79 Å². The largest absolute Gasteiger partial charge is 0.348 e. The lowest BCUT2D eigenvalue weighted by Gasteiger charge is -2.13. The first-order chi connectivity index (χ1) is 14.1. The van der Waals surface area contributed by atoms with Gasteiger partial charge in [-0.2, -0.15) is 0 Å². The highest BCUT2D eigenvalue weighted by molar-refractivity contribution is 6.07. The zero-order valence-electron chi connectivity index (χ0n) is 16.6. The molecule has 4 nitrogen and oxygen atoms in total. The average molecular weight is 381 g/mol. The first-order valence-corrected chi connectivity index (χ1v) is 9.66. The molecule has 2 N–H and O–H groups in total. The van der Waals surface area contributed by atoms with Crippen molar-refractivity contribution in [3.63, 3.8) is 0 Å². The van der Waals surface area contributed by atoms with Gasteiger partial charge in [0, 0.05) is 17.6 Å².